The number of benzene rings is 1. The zero-order chi connectivity index (χ0) is 13.8. The lowest BCUT2D eigenvalue weighted by Crippen LogP contribution is -2.30. The van der Waals surface area contributed by atoms with E-state index in [-0.39, 0.29) is 5.91 Å². The van der Waals surface area contributed by atoms with Gasteiger partial charge in [0.1, 0.15) is 0 Å². The van der Waals surface area contributed by atoms with Crippen LogP contribution in [0, 0.1) is 5.92 Å². The van der Waals surface area contributed by atoms with E-state index in [2.05, 4.69) is 26.6 Å². The molecule has 104 valence electrons. The van der Waals surface area contributed by atoms with Crippen LogP contribution in [-0.2, 0) is 4.79 Å². The van der Waals surface area contributed by atoms with Crippen LogP contribution in [0.15, 0.2) is 16.6 Å². The van der Waals surface area contributed by atoms with Crippen molar-refractivity contribution in [1.82, 2.24) is 5.32 Å². The molecule has 0 saturated carbocycles. The lowest BCUT2D eigenvalue weighted by Gasteiger charge is -2.22. The molecule has 0 unspecified atom stereocenters. The molecule has 1 heterocycles. The zero-order valence-electron chi connectivity index (χ0n) is 10.3. The molecule has 0 aliphatic carbocycles. The lowest BCUT2D eigenvalue weighted by molar-refractivity contribution is -0.117. The van der Waals surface area contributed by atoms with Crippen LogP contribution in [0.5, 0.6) is 0 Å². The summed E-state index contributed by atoms with van der Waals surface area (Å²) in [5, 5.41) is 6.90. The fourth-order valence-corrected chi connectivity index (χ4v) is 2.99. The molecule has 0 radical (unpaired) electrons. The van der Waals surface area contributed by atoms with Gasteiger partial charge in [0.15, 0.2) is 0 Å². The summed E-state index contributed by atoms with van der Waals surface area (Å²) in [7, 11) is 0. The molecule has 1 amide bonds. The van der Waals surface area contributed by atoms with Gasteiger partial charge in [-0.25, -0.2) is 0 Å². The van der Waals surface area contributed by atoms with Gasteiger partial charge >= 0.3 is 0 Å². The third-order valence-corrected chi connectivity index (χ3v) is 5.01. The summed E-state index contributed by atoms with van der Waals surface area (Å²) < 4.78 is 0.718. The molecule has 2 N–H and O–H groups in total. The first-order valence-corrected chi connectivity index (χ1v) is 7.77. The van der Waals surface area contributed by atoms with Crippen molar-refractivity contribution < 1.29 is 4.79 Å². The normalized spacial score (nSPS) is 16.4. The number of carbonyl (C=O) groups is 1. The highest BCUT2D eigenvalue weighted by molar-refractivity contribution is 9.10. The molecule has 0 atom stereocenters. The molecular formula is C13H15BrCl2N2O. The summed E-state index contributed by atoms with van der Waals surface area (Å²) in [5.74, 6) is 0.443. The molecule has 1 aromatic carbocycles. The van der Waals surface area contributed by atoms with Gasteiger partial charge in [-0.05, 0) is 59.9 Å². The minimum atomic E-state index is -0.00723. The van der Waals surface area contributed by atoms with Crippen molar-refractivity contribution >= 4 is 50.7 Å². The van der Waals surface area contributed by atoms with Crippen molar-refractivity contribution in [3.05, 3.63) is 26.7 Å². The summed E-state index contributed by atoms with van der Waals surface area (Å²) in [6, 6.07) is 3.52. The van der Waals surface area contributed by atoms with Crippen LogP contribution in [0.2, 0.25) is 10.0 Å². The predicted molar refractivity (Wildman–Crippen MR) is 83.0 cm³/mol. The second kappa shape index (κ2) is 6.93. The van der Waals surface area contributed by atoms with Gasteiger partial charge in [-0.2, -0.15) is 0 Å². The quantitative estimate of drug-likeness (QED) is 0.792. The van der Waals surface area contributed by atoms with Crippen molar-refractivity contribution in [2.75, 3.05) is 18.4 Å². The van der Waals surface area contributed by atoms with Crippen LogP contribution < -0.4 is 10.6 Å². The first-order valence-electron chi connectivity index (χ1n) is 6.22. The van der Waals surface area contributed by atoms with Gasteiger partial charge in [-0.1, -0.05) is 23.2 Å². The fraction of sp³-hybridized carbons (Fsp3) is 0.462. The topological polar surface area (TPSA) is 41.1 Å². The highest BCUT2D eigenvalue weighted by Crippen LogP contribution is 2.36. The Morgan fingerprint density at radius 3 is 2.68 bits per heavy atom. The second-order valence-electron chi connectivity index (χ2n) is 4.67. The Morgan fingerprint density at radius 2 is 2.00 bits per heavy atom. The molecule has 0 spiro atoms. The molecule has 0 aromatic heterocycles. The second-order valence-corrected chi connectivity index (χ2v) is 6.28. The summed E-state index contributed by atoms with van der Waals surface area (Å²) in [6.45, 7) is 1.98. The molecule has 19 heavy (non-hydrogen) atoms. The zero-order valence-corrected chi connectivity index (χ0v) is 13.4. The fourth-order valence-electron chi connectivity index (χ4n) is 2.17. The maximum atomic E-state index is 12.0. The van der Waals surface area contributed by atoms with Gasteiger partial charge in [0.25, 0.3) is 0 Å². The Labute approximate surface area is 131 Å². The van der Waals surface area contributed by atoms with Crippen molar-refractivity contribution in [3.63, 3.8) is 0 Å². The molecule has 1 aliphatic rings. The van der Waals surface area contributed by atoms with Crippen LogP contribution in [0.4, 0.5) is 5.69 Å². The highest BCUT2D eigenvalue weighted by Gasteiger charge is 2.18. The molecule has 1 fully saturated rings. The monoisotopic (exact) mass is 364 g/mol. The third-order valence-electron chi connectivity index (χ3n) is 3.24. The number of piperidine rings is 1. The van der Waals surface area contributed by atoms with E-state index in [1.54, 1.807) is 12.1 Å². The first-order chi connectivity index (χ1) is 9.08. The van der Waals surface area contributed by atoms with Crippen molar-refractivity contribution in [2.45, 2.75) is 19.3 Å². The minimum Gasteiger partial charge on any atom is -0.325 e. The van der Waals surface area contributed by atoms with Crippen LogP contribution in [0.1, 0.15) is 19.3 Å². The van der Waals surface area contributed by atoms with E-state index < -0.39 is 0 Å². The Balaban J connectivity index is 1.97. The maximum Gasteiger partial charge on any atom is 0.224 e. The third kappa shape index (κ3) is 4.09. The number of rotatable bonds is 3. The molecule has 1 saturated heterocycles. The minimum absolute atomic E-state index is 0.00723. The largest absolute Gasteiger partial charge is 0.325 e. The van der Waals surface area contributed by atoms with Crippen LogP contribution in [-0.4, -0.2) is 19.0 Å². The summed E-state index contributed by atoms with van der Waals surface area (Å²) in [5.41, 5.74) is 0.564. The molecule has 1 aliphatic heterocycles. The summed E-state index contributed by atoms with van der Waals surface area (Å²) >= 11 is 15.4. The van der Waals surface area contributed by atoms with Crippen molar-refractivity contribution in [2.24, 2.45) is 5.92 Å². The van der Waals surface area contributed by atoms with Crippen LogP contribution in [0.3, 0.4) is 0 Å². The van der Waals surface area contributed by atoms with Crippen molar-refractivity contribution in [3.8, 4) is 0 Å². The van der Waals surface area contributed by atoms with Gasteiger partial charge in [0, 0.05) is 10.9 Å². The molecule has 0 bridgehead atoms. The predicted octanol–water partition coefficient (Wildman–Crippen LogP) is 4.08. The highest BCUT2D eigenvalue weighted by atomic mass is 79.9. The number of hydrogen-bond acceptors (Lipinski definition) is 2. The van der Waals surface area contributed by atoms with E-state index in [4.69, 9.17) is 23.2 Å². The number of halogens is 3. The standard InChI is InChI=1S/C13H15BrCl2N2O/c14-9-1-2-10(13(16)12(9)15)18-11(19)7-8-3-5-17-6-4-8/h1-2,8,17H,3-7H2,(H,18,19). The van der Waals surface area contributed by atoms with E-state index in [0.29, 0.717) is 28.1 Å². The Hall–Kier alpha value is -0.290. The van der Waals surface area contributed by atoms with Gasteiger partial charge < -0.3 is 10.6 Å². The number of nitrogens with one attached hydrogen (secondary N) is 2. The number of anilines is 1. The number of hydrogen-bond donors (Lipinski definition) is 2. The van der Waals surface area contributed by atoms with Gasteiger partial charge in [-0.3, -0.25) is 4.79 Å². The van der Waals surface area contributed by atoms with E-state index in [0.717, 1.165) is 30.4 Å². The van der Waals surface area contributed by atoms with E-state index in [9.17, 15) is 4.79 Å². The Bertz CT molecular complexity index is 476. The average Bonchev–Trinajstić information content (AvgIpc) is 2.41. The van der Waals surface area contributed by atoms with E-state index >= 15 is 0 Å². The first kappa shape index (κ1) is 15.1. The summed E-state index contributed by atoms with van der Waals surface area (Å²) in [4.78, 5) is 12.0. The Morgan fingerprint density at radius 1 is 1.32 bits per heavy atom. The van der Waals surface area contributed by atoms with Crippen LogP contribution in [0.25, 0.3) is 0 Å². The molecule has 1 aromatic rings. The van der Waals surface area contributed by atoms with Crippen LogP contribution >= 0.6 is 39.1 Å². The lowest BCUT2D eigenvalue weighted by atomic mass is 9.94. The van der Waals surface area contributed by atoms with Gasteiger partial charge in [0.2, 0.25) is 5.91 Å². The molecular weight excluding hydrogens is 351 g/mol. The molecule has 2 rings (SSSR count). The maximum absolute atomic E-state index is 12.0. The Kier molecular flexibility index (Phi) is 5.51. The van der Waals surface area contributed by atoms with E-state index in [1.165, 1.54) is 0 Å². The SMILES string of the molecule is O=C(CC1CCNCC1)Nc1ccc(Br)c(Cl)c1Cl. The van der Waals surface area contributed by atoms with Gasteiger partial charge in [0.05, 0.1) is 15.7 Å². The number of amides is 1. The number of carbonyl (C=O) groups excluding carboxylic acids is 1. The molecule has 6 heteroatoms. The van der Waals surface area contributed by atoms with E-state index in [1.807, 2.05) is 0 Å². The smallest absolute Gasteiger partial charge is 0.224 e. The van der Waals surface area contributed by atoms with Crippen molar-refractivity contribution in [1.29, 1.82) is 0 Å². The summed E-state index contributed by atoms with van der Waals surface area (Å²) in [6.07, 6.45) is 2.62. The van der Waals surface area contributed by atoms with Gasteiger partial charge in [-0.15, -0.1) is 0 Å². The molecule has 3 nitrogen and oxygen atoms in total. The average molecular weight is 366 g/mol.